The van der Waals surface area contributed by atoms with Gasteiger partial charge in [-0.05, 0) is 6.07 Å². The van der Waals surface area contributed by atoms with Crippen molar-refractivity contribution in [2.45, 2.75) is 6.61 Å². The van der Waals surface area contributed by atoms with Gasteiger partial charge in [0.05, 0.1) is 12.3 Å². The summed E-state index contributed by atoms with van der Waals surface area (Å²) in [6.45, 7) is 0.459. The average molecular weight is 140 g/mol. The van der Waals surface area contributed by atoms with E-state index in [4.69, 9.17) is 4.74 Å². The Morgan fingerprint density at radius 2 is 2.70 bits per heavy atom. The topological polar surface area (TPSA) is 55.0 Å². The molecule has 0 amide bonds. The van der Waals surface area contributed by atoms with E-state index >= 15 is 0 Å². The standard InChI is InChI=1S/C6H8N2O2/c1-10-4-6-2-5(3-9)7-8-6/h2-3H,4H2,1H3,(H,7,8). The first-order valence-corrected chi connectivity index (χ1v) is 2.85. The van der Waals surface area contributed by atoms with E-state index in [0.29, 0.717) is 18.6 Å². The van der Waals surface area contributed by atoms with E-state index in [1.807, 2.05) is 0 Å². The van der Waals surface area contributed by atoms with Gasteiger partial charge in [0.15, 0.2) is 6.29 Å². The molecule has 0 bridgehead atoms. The highest BCUT2D eigenvalue weighted by Crippen LogP contribution is 1.97. The van der Waals surface area contributed by atoms with E-state index in [1.165, 1.54) is 0 Å². The second-order valence-electron chi connectivity index (χ2n) is 1.87. The molecule has 54 valence electrons. The first-order valence-electron chi connectivity index (χ1n) is 2.85. The minimum absolute atomic E-state index is 0.409. The number of nitrogens with one attached hydrogen (secondary N) is 1. The molecule has 0 unspecified atom stereocenters. The van der Waals surface area contributed by atoms with Gasteiger partial charge < -0.3 is 4.74 Å². The molecular formula is C6H8N2O2. The molecule has 4 heteroatoms. The molecular weight excluding hydrogens is 132 g/mol. The van der Waals surface area contributed by atoms with E-state index in [-0.39, 0.29) is 0 Å². The quantitative estimate of drug-likeness (QED) is 0.617. The van der Waals surface area contributed by atoms with Crippen LogP contribution in [0.1, 0.15) is 16.2 Å². The van der Waals surface area contributed by atoms with Gasteiger partial charge >= 0.3 is 0 Å². The highest BCUT2D eigenvalue weighted by molar-refractivity contribution is 5.71. The number of rotatable bonds is 3. The molecule has 1 heterocycles. The van der Waals surface area contributed by atoms with Gasteiger partial charge in [0.25, 0.3) is 0 Å². The van der Waals surface area contributed by atoms with Crippen LogP contribution in [0, 0.1) is 0 Å². The predicted octanol–water partition coefficient (Wildman–Crippen LogP) is 0.369. The number of H-pyrrole nitrogens is 1. The van der Waals surface area contributed by atoms with Crippen LogP contribution in [0.3, 0.4) is 0 Å². The summed E-state index contributed by atoms with van der Waals surface area (Å²) in [7, 11) is 1.58. The molecule has 0 atom stereocenters. The molecule has 1 rings (SSSR count). The third-order valence-corrected chi connectivity index (χ3v) is 1.07. The Labute approximate surface area is 58.2 Å². The van der Waals surface area contributed by atoms with Crippen molar-refractivity contribution in [3.8, 4) is 0 Å². The van der Waals surface area contributed by atoms with Crippen LogP contribution in [0.4, 0.5) is 0 Å². The SMILES string of the molecule is COCc1cc(C=O)n[nH]1. The van der Waals surface area contributed by atoms with E-state index in [9.17, 15) is 4.79 Å². The number of carbonyl (C=O) groups excluding carboxylic acids is 1. The molecule has 0 saturated carbocycles. The largest absolute Gasteiger partial charge is 0.378 e. The number of methoxy groups -OCH3 is 1. The molecule has 0 aliphatic rings. The summed E-state index contributed by atoms with van der Waals surface area (Å²) in [6.07, 6.45) is 0.690. The van der Waals surface area contributed by atoms with E-state index in [0.717, 1.165) is 5.69 Å². The molecule has 0 radical (unpaired) electrons. The number of hydrogen-bond donors (Lipinski definition) is 1. The van der Waals surface area contributed by atoms with Gasteiger partial charge in [-0.25, -0.2) is 0 Å². The van der Waals surface area contributed by atoms with Crippen molar-refractivity contribution in [2.24, 2.45) is 0 Å². The summed E-state index contributed by atoms with van der Waals surface area (Å²) in [5, 5.41) is 6.33. The molecule has 1 aromatic heterocycles. The van der Waals surface area contributed by atoms with Crippen molar-refractivity contribution in [3.05, 3.63) is 17.5 Å². The van der Waals surface area contributed by atoms with Crippen LogP contribution in [0.5, 0.6) is 0 Å². The second kappa shape index (κ2) is 3.12. The lowest BCUT2D eigenvalue weighted by Crippen LogP contribution is -1.85. The molecule has 0 saturated heterocycles. The minimum Gasteiger partial charge on any atom is -0.378 e. The molecule has 10 heavy (non-hydrogen) atoms. The Balaban J connectivity index is 2.68. The fourth-order valence-electron chi connectivity index (χ4n) is 0.669. The lowest BCUT2D eigenvalue weighted by molar-refractivity contribution is 0.111. The number of hydrogen-bond acceptors (Lipinski definition) is 3. The third-order valence-electron chi connectivity index (χ3n) is 1.07. The summed E-state index contributed by atoms with van der Waals surface area (Å²) < 4.78 is 4.80. The van der Waals surface area contributed by atoms with Crippen LogP contribution in [0.25, 0.3) is 0 Å². The lowest BCUT2D eigenvalue weighted by Gasteiger charge is -1.89. The Bertz CT molecular complexity index is 219. The maximum absolute atomic E-state index is 10.1. The van der Waals surface area contributed by atoms with Gasteiger partial charge in [-0.1, -0.05) is 0 Å². The molecule has 0 fully saturated rings. The Morgan fingerprint density at radius 3 is 3.20 bits per heavy atom. The summed E-state index contributed by atoms with van der Waals surface area (Å²) in [5.41, 5.74) is 1.22. The molecule has 1 aromatic rings. The number of carbonyl (C=O) groups is 1. The molecule has 0 spiro atoms. The van der Waals surface area contributed by atoms with Gasteiger partial charge in [0.1, 0.15) is 5.69 Å². The van der Waals surface area contributed by atoms with Crippen molar-refractivity contribution in [2.75, 3.05) is 7.11 Å². The van der Waals surface area contributed by atoms with Crippen LogP contribution < -0.4 is 0 Å². The van der Waals surface area contributed by atoms with Crippen molar-refractivity contribution >= 4 is 6.29 Å². The van der Waals surface area contributed by atoms with Crippen molar-refractivity contribution in [3.63, 3.8) is 0 Å². The van der Waals surface area contributed by atoms with Gasteiger partial charge in [0.2, 0.25) is 0 Å². The molecule has 0 aromatic carbocycles. The van der Waals surface area contributed by atoms with Crippen LogP contribution >= 0.6 is 0 Å². The lowest BCUT2D eigenvalue weighted by atomic mass is 10.4. The number of aldehydes is 1. The van der Waals surface area contributed by atoms with Gasteiger partial charge in [0, 0.05) is 7.11 Å². The number of nitrogens with zero attached hydrogens (tertiary/aromatic N) is 1. The second-order valence-corrected chi connectivity index (χ2v) is 1.87. The van der Waals surface area contributed by atoms with Gasteiger partial charge in [-0.2, -0.15) is 5.10 Å². The highest BCUT2D eigenvalue weighted by Gasteiger charge is 1.96. The predicted molar refractivity (Wildman–Crippen MR) is 34.7 cm³/mol. The summed E-state index contributed by atoms with van der Waals surface area (Å²) in [6, 6.07) is 1.65. The molecule has 0 aliphatic heterocycles. The summed E-state index contributed by atoms with van der Waals surface area (Å²) >= 11 is 0. The fraction of sp³-hybridized carbons (Fsp3) is 0.333. The zero-order chi connectivity index (χ0) is 7.40. The maximum Gasteiger partial charge on any atom is 0.170 e. The average Bonchev–Trinajstić information content (AvgIpc) is 2.37. The van der Waals surface area contributed by atoms with Crippen LogP contribution in [0.15, 0.2) is 6.07 Å². The fourth-order valence-corrected chi connectivity index (χ4v) is 0.669. The Kier molecular flexibility index (Phi) is 2.17. The molecule has 0 aliphatic carbocycles. The zero-order valence-electron chi connectivity index (χ0n) is 5.63. The normalized spacial score (nSPS) is 9.70. The highest BCUT2D eigenvalue weighted by atomic mass is 16.5. The van der Waals surface area contributed by atoms with Crippen LogP contribution in [-0.2, 0) is 11.3 Å². The van der Waals surface area contributed by atoms with E-state index in [2.05, 4.69) is 10.2 Å². The minimum atomic E-state index is 0.409. The van der Waals surface area contributed by atoms with E-state index < -0.39 is 0 Å². The zero-order valence-corrected chi connectivity index (χ0v) is 5.63. The van der Waals surface area contributed by atoms with Crippen molar-refractivity contribution in [1.29, 1.82) is 0 Å². The number of aromatic amines is 1. The maximum atomic E-state index is 10.1. The first-order chi connectivity index (χ1) is 4.86. The first kappa shape index (κ1) is 6.95. The van der Waals surface area contributed by atoms with Crippen molar-refractivity contribution < 1.29 is 9.53 Å². The smallest absolute Gasteiger partial charge is 0.170 e. The Hall–Kier alpha value is -1.16. The summed E-state index contributed by atoms with van der Waals surface area (Å²) in [5.74, 6) is 0. The molecule has 1 N–H and O–H groups in total. The van der Waals surface area contributed by atoms with Crippen LogP contribution in [0.2, 0.25) is 0 Å². The summed E-state index contributed by atoms with van der Waals surface area (Å²) in [4.78, 5) is 10.1. The van der Waals surface area contributed by atoms with Crippen LogP contribution in [-0.4, -0.2) is 23.6 Å². The number of aromatic nitrogens is 2. The Morgan fingerprint density at radius 1 is 1.90 bits per heavy atom. The molecule has 4 nitrogen and oxygen atoms in total. The van der Waals surface area contributed by atoms with Gasteiger partial charge in [-0.15, -0.1) is 0 Å². The monoisotopic (exact) mass is 140 g/mol. The van der Waals surface area contributed by atoms with Gasteiger partial charge in [-0.3, -0.25) is 9.89 Å². The van der Waals surface area contributed by atoms with E-state index in [1.54, 1.807) is 13.2 Å². The van der Waals surface area contributed by atoms with Crippen molar-refractivity contribution in [1.82, 2.24) is 10.2 Å². The number of ether oxygens (including phenoxy) is 1. The third kappa shape index (κ3) is 1.41.